The highest BCUT2D eigenvalue weighted by Gasteiger charge is 2.30. The van der Waals surface area contributed by atoms with Gasteiger partial charge in [0.2, 0.25) is 5.91 Å². The number of benzene rings is 1. The number of carboxylic acids is 1. The van der Waals surface area contributed by atoms with Gasteiger partial charge < -0.3 is 20.9 Å². The molecule has 4 N–H and O–H groups in total. The molecule has 1 amide bonds. The van der Waals surface area contributed by atoms with Gasteiger partial charge in [0.15, 0.2) is 6.10 Å². The first-order valence-electron chi connectivity index (χ1n) is 7.01. The van der Waals surface area contributed by atoms with Gasteiger partial charge in [-0.1, -0.05) is 30.3 Å². The second kappa shape index (κ2) is 7.19. The van der Waals surface area contributed by atoms with Crippen molar-refractivity contribution in [3.63, 3.8) is 0 Å². The fraction of sp³-hybridized carbons (Fsp3) is 0.467. The Labute approximate surface area is 123 Å². The summed E-state index contributed by atoms with van der Waals surface area (Å²) in [5.74, 6) is -1.20. The zero-order valence-corrected chi connectivity index (χ0v) is 11.7. The molecule has 0 aromatic heterocycles. The van der Waals surface area contributed by atoms with Gasteiger partial charge in [0.1, 0.15) is 0 Å². The summed E-state index contributed by atoms with van der Waals surface area (Å²) in [5, 5.41) is 11.6. The standard InChI is InChI=1S/C15H20N2O4/c16-12(8-10-4-2-1-3-5-10)14(18)17-9-11-6-7-13(21-11)15(19)20/h1-5,11-13H,6-9,16H2,(H,17,18)(H,19,20). The molecule has 1 fully saturated rings. The van der Waals surface area contributed by atoms with E-state index in [1.165, 1.54) is 0 Å². The fourth-order valence-corrected chi connectivity index (χ4v) is 2.34. The number of hydrogen-bond acceptors (Lipinski definition) is 4. The summed E-state index contributed by atoms with van der Waals surface area (Å²) in [6.45, 7) is 0.297. The maximum atomic E-state index is 11.9. The summed E-state index contributed by atoms with van der Waals surface area (Å²) in [7, 11) is 0. The molecule has 1 saturated heterocycles. The van der Waals surface area contributed by atoms with Crippen molar-refractivity contribution in [2.45, 2.75) is 37.5 Å². The predicted molar refractivity (Wildman–Crippen MR) is 76.7 cm³/mol. The first-order chi connectivity index (χ1) is 10.1. The van der Waals surface area contributed by atoms with E-state index in [4.69, 9.17) is 15.6 Å². The average Bonchev–Trinajstić information content (AvgIpc) is 2.95. The molecule has 3 unspecified atom stereocenters. The van der Waals surface area contributed by atoms with E-state index in [1.807, 2.05) is 30.3 Å². The van der Waals surface area contributed by atoms with E-state index in [0.29, 0.717) is 25.8 Å². The lowest BCUT2D eigenvalue weighted by atomic mass is 10.1. The molecular formula is C15H20N2O4. The molecule has 6 nitrogen and oxygen atoms in total. The number of carbonyl (C=O) groups excluding carboxylic acids is 1. The van der Waals surface area contributed by atoms with Crippen LogP contribution in [0.4, 0.5) is 0 Å². The molecule has 0 spiro atoms. The molecule has 1 aromatic carbocycles. The third-order valence-corrected chi connectivity index (χ3v) is 3.52. The number of nitrogens with one attached hydrogen (secondary N) is 1. The topological polar surface area (TPSA) is 102 Å². The van der Waals surface area contributed by atoms with Gasteiger partial charge in [0.25, 0.3) is 0 Å². The summed E-state index contributed by atoms with van der Waals surface area (Å²) >= 11 is 0. The van der Waals surface area contributed by atoms with Crippen LogP contribution in [0.1, 0.15) is 18.4 Å². The van der Waals surface area contributed by atoms with Crippen LogP contribution in [0, 0.1) is 0 Å². The number of carbonyl (C=O) groups is 2. The minimum Gasteiger partial charge on any atom is -0.479 e. The maximum absolute atomic E-state index is 11.9. The van der Waals surface area contributed by atoms with Gasteiger partial charge >= 0.3 is 5.97 Å². The molecule has 3 atom stereocenters. The number of carboxylic acid groups (broad SMARTS) is 1. The van der Waals surface area contributed by atoms with Gasteiger partial charge in [-0.15, -0.1) is 0 Å². The van der Waals surface area contributed by atoms with Crippen LogP contribution < -0.4 is 11.1 Å². The number of aliphatic carboxylic acids is 1. The molecule has 2 rings (SSSR count). The maximum Gasteiger partial charge on any atom is 0.332 e. The van der Waals surface area contributed by atoms with Crippen molar-refractivity contribution in [1.82, 2.24) is 5.32 Å². The van der Waals surface area contributed by atoms with Crippen molar-refractivity contribution in [2.24, 2.45) is 5.73 Å². The van der Waals surface area contributed by atoms with Gasteiger partial charge in [-0.25, -0.2) is 4.79 Å². The van der Waals surface area contributed by atoms with Crippen molar-refractivity contribution in [2.75, 3.05) is 6.54 Å². The van der Waals surface area contributed by atoms with Gasteiger partial charge in [0.05, 0.1) is 12.1 Å². The van der Waals surface area contributed by atoms with Crippen LogP contribution in [0.3, 0.4) is 0 Å². The molecule has 6 heteroatoms. The zero-order chi connectivity index (χ0) is 15.2. The summed E-state index contributed by atoms with van der Waals surface area (Å²) in [5.41, 5.74) is 6.87. The predicted octanol–water partition coefficient (Wildman–Crippen LogP) is 0.305. The molecule has 114 valence electrons. The van der Waals surface area contributed by atoms with Crippen LogP contribution in [0.2, 0.25) is 0 Å². The number of amides is 1. The molecule has 0 aliphatic carbocycles. The SMILES string of the molecule is NC(Cc1ccccc1)C(=O)NCC1CCC(C(=O)O)O1. The molecule has 0 radical (unpaired) electrons. The van der Waals surface area contributed by atoms with E-state index >= 15 is 0 Å². The van der Waals surface area contributed by atoms with E-state index < -0.39 is 18.1 Å². The van der Waals surface area contributed by atoms with Crippen molar-refractivity contribution >= 4 is 11.9 Å². The lowest BCUT2D eigenvalue weighted by molar-refractivity contribution is -0.149. The fourth-order valence-electron chi connectivity index (χ4n) is 2.34. The molecule has 1 heterocycles. The van der Waals surface area contributed by atoms with Gasteiger partial charge in [-0.05, 0) is 24.8 Å². The lowest BCUT2D eigenvalue weighted by Gasteiger charge is -2.15. The summed E-state index contributed by atoms with van der Waals surface area (Å²) in [6.07, 6.45) is 0.566. The van der Waals surface area contributed by atoms with Crippen molar-refractivity contribution in [3.8, 4) is 0 Å². The van der Waals surface area contributed by atoms with E-state index in [9.17, 15) is 9.59 Å². The highest BCUT2D eigenvalue weighted by Crippen LogP contribution is 2.19. The molecule has 0 saturated carbocycles. The second-order valence-corrected chi connectivity index (χ2v) is 5.20. The Hall–Kier alpha value is -1.92. The third-order valence-electron chi connectivity index (χ3n) is 3.52. The van der Waals surface area contributed by atoms with Crippen LogP contribution in [0.25, 0.3) is 0 Å². The number of rotatable bonds is 6. The smallest absolute Gasteiger partial charge is 0.332 e. The molecule has 1 aromatic rings. The number of ether oxygens (including phenoxy) is 1. The normalized spacial score (nSPS) is 22.7. The quantitative estimate of drug-likeness (QED) is 0.700. The largest absolute Gasteiger partial charge is 0.479 e. The van der Waals surface area contributed by atoms with Crippen molar-refractivity contribution < 1.29 is 19.4 Å². The van der Waals surface area contributed by atoms with Gasteiger partial charge in [0, 0.05) is 6.54 Å². The number of nitrogens with two attached hydrogens (primary N) is 1. The van der Waals surface area contributed by atoms with Crippen LogP contribution in [0.15, 0.2) is 30.3 Å². The van der Waals surface area contributed by atoms with E-state index in [-0.39, 0.29) is 12.0 Å². The Morgan fingerprint density at radius 1 is 1.33 bits per heavy atom. The first kappa shape index (κ1) is 15.5. The summed E-state index contributed by atoms with van der Waals surface area (Å²) < 4.78 is 5.32. The molecule has 0 bridgehead atoms. The van der Waals surface area contributed by atoms with E-state index in [2.05, 4.69) is 5.32 Å². The van der Waals surface area contributed by atoms with Crippen LogP contribution in [-0.2, 0) is 20.7 Å². The Morgan fingerprint density at radius 2 is 2.05 bits per heavy atom. The second-order valence-electron chi connectivity index (χ2n) is 5.20. The highest BCUT2D eigenvalue weighted by atomic mass is 16.5. The van der Waals surface area contributed by atoms with Gasteiger partial charge in [-0.2, -0.15) is 0 Å². The highest BCUT2D eigenvalue weighted by molar-refractivity contribution is 5.81. The Morgan fingerprint density at radius 3 is 2.67 bits per heavy atom. The Kier molecular flexibility index (Phi) is 5.30. The van der Waals surface area contributed by atoms with Crippen LogP contribution in [-0.4, -0.2) is 41.8 Å². The lowest BCUT2D eigenvalue weighted by Crippen LogP contribution is -2.44. The van der Waals surface area contributed by atoms with E-state index in [0.717, 1.165) is 5.56 Å². The minimum absolute atomic E-state index is 0.249. The summed E-state index contributed by atoms with van der Waals surface area (Å²) in [6, 6.07) is 8.93. The average molecular weight is 292 g/mol. The monoisotopic (exact) mass is 292 g/mol. The van der Waals surface area contributed by atoms with Crippen molar-refractivity contribution in [3.05, 3.63) is 35.9 Å². The summed E-state index contributed by atoms with van der Waals surface area (Å²) in [4.78, 5) is 22.7. The molecule has 1 aliphatic rings. The van der Waals surface area contributed by atoms with Crippen LogP contribution >= 0.6 is 0 Å². The Balaban J connectivity index is 1.73. The van der Waals surface area contributed by atoms with E-state index in [1.54, 1.807) is 0 Å². The van der Waals surface area contributed by atoms with Crippen molar-refractivity contribution in [1.29, 1.82) is 0 Å². The molecule has 21 heavy (non-hydrogen) atoms. The molecular weight excluding hydrogens is 272 g/mol. The first-order valence-corrected chi connectivity index (χ1v) is 7.01. The zero-order valence-electron chi connectivity index (χ0n) is 11.7. The molecule has 1 aliphatic heterocycles. The minimum atomic E-state index is -0.954. The van der Waals surface area contributed by atoms with Crippen LogP contribution in [0.5, 0.6) is 0 Å². The third kappa shape index (κ3) is 4.54. The number of hydrogen-bond donors (Lipinski definition) is 3. The Bertz CT molecular complexity index is 492. The van der Waals surface area contributed by atoms with Gasteiger partial charge in [-0.3, -0.25) is 4.79 Å².